The van der Waals surface area contributed by atoms with Gasteiger partial charge in [0.15, 0.2) is 0 Å². The molecule has 0 radical (unpaired) electrons. The number of ether oxygens (including phenoxy) is 1. The molecule has 0 amide bonds. The summed E-state index contributed by atoms with van der Waals surface area (Å²) in [6.07, 6.45) is 0. The molecule has 0 fully saturated rings. The number of nitrogens with zero attached hydrogens (tertiary/aromatic N) is 1. The summed E-state index contributed by atoms with van der Waals surface area (Å²) in [6.45, 7) is 0. The molecule has 0 heterocycles. The van der Waals surface area contributed by atoms with Crippen LogP contribution in [0.15, 0.2) is 22.7 Å². The summed E-state index contributed by atoms with van der Waals surface area (Å²) in [6, 6.07) is 4.25. The van der Waals surface area contributed by atoms with Gasteiger partial charge in [-0.3, -0.25) is 0 Å². The normalized spacial score (nSPS) is 8.93. The Hall–Kier alpha value is -1.09. The molecular formula is C7H3BrNO4P. The van der Waals surface area contributed by atoms with Gasteiger partial charge < -0.3 is 0 Å². The van der Waals surface area contributed by atoms with Gasteiger partial charge in [-0.05, 0) is 0 Å². The third-order valence-corrected chi connectivity index (χ3v) is 1.97. The van der Waals surface area contributed by atoms with Crippen LogP contribution in [0, 0.1) is 15.9 Å². The second-order valence-electron chi connectivity index (χ2n) is 2.15. The van der Waals surface area contributed by atoms with E-state index in [1.54, 1.807) is 6.07 Å². The van der Waals surface area contributed by atoms with E-state index in [0.29, 0.717) is 4.47 Å². The quantitative estimate of drug-likeness (QED) is 0.473. The standard InChI is InChI=1S/C7H3BrNO4P/c8-5-1-2-7(13-4-14-12)6(3-5)9(10)11/h1-3H. The van der Waals surface area contributed by atoms with Gasteiger partial charge in [-0.15, -0.1) is 0 Å². The molecule has 72 valence electrons. The topological polar surface area (TPSA) is 69.4 Å². The first-order valence-corrected chi connectivity index (χ1v) is 4.94. The van der Waals surface area contributed by atoms with Gasteiger partial charge in [0.1, 0.15) is 0 Å². The zero-order valence-electron chi connectivity index (χ0n) is 6.64. The molecule has 0 atom stereocenters. The van der Waals surface area contributed by atoms with Crippen molar-refractivity contribution in [2.45, 2.75) is 0 Å². The second-order valence-corrected chi connectivity index (χ2v) is 3.43. The van der Waals surface area contributed by atoms with E-state index in [0.717, 1.165) is 0 Å². The molecule has 1 rings (SSSR count). The Labute approximate surface area is 88.5 Å². The van der Waals surface area contributed by atoms with Crippen molar-refractivity contribution in [3.8, 4) is 11.6 Å². The fourth-order valence-corrected chi connectivity index (χ4v) is 1.27. The van der Waals surface area contributed by atoms with Crippen LogP contribution in [0.1, 0.15) is 0 Å². The van der Waals surface area contributed by atoms with Gasteiger partial charge in [0.05, 0.1) is 0 Å². The van der Waals surface area contributed by atoms with Crippen molar-refractivity contribution in [3.05, 3.63) is 32.8 Å². The molecule has 0 unspecified atom stereocenters. The molecule has 14 heavy (non-hydrogen) atoms. The van der Waals surface area contributed by atoms with Crippen LogP contribution in [-0.4, -0.2) is 4.92 Å². The number of halogens is 1. The fourth-order valence-electron chi connectivity index (χ4n) is 0.787. The minimum atomic E-state index is -0.594. The van der Waals surface area contributed by atoms with E-state index >= 15 is 0 Å². The van der Waals surface area contributed by atoms with Gasteiger partial charge in [0.25, 0.3) is 0 Å². The molecule has 1 aromatic carbocycles. The Kier molecular flexibility index (Phi) is 3.89. The fraction of sp³-hybridized carbons (Fsp3) is 0. The Morgan fingerprint density at radius 3 is 2.86 bits per heavy atom. The Morgan fingerprint density at radius 2 is 2.29 bits per heavy atom. The summed E-state index contributed by atoms with van der Waals surface area (Å²) >= 11 is 3.09. The van der Waals surface area contributed by atoms with Crippen molar-refractivity contribution in [3.63, 3.8) is 0 Å². The Morgan fingerprint density at radius 1 is 1.57 bits per heavy atom. The molecular weight excluding hydrogens is 273 g/mol. The third kappa shape index (κ3) is 2.70. The summed E-state index contributed by atoms with van der Waals surface area (Å²) in [5, 5.41) is 10.5. The van der Waals surface area contributed by atoms with Crippen LogP contribution >= 0.6 is 23.8 Å². The van der Waals surface area contributed by atoms with Crippen molar-refractivity contribution < 1.29 is 14.2 Å². The van der Waals surface area contributed by atoms with Gasteiger partial charge in [0, 0.05) is 0 Å². The first-order valence-electron chi connectivity index (χ1n) is 3.33. The van der Waals surface area contributed by atoms with Crippen molar-refractivity contribution in [2.75, 3.05) is 0 Å². The molecule has 0 bridgehead atoms. The van der Waals surface area contributed by atoms with Crippen LogP contribution in [0.25, 0.3) is 0 Å². The van der Waals surface area contributed by atoms with E-state index in [9.17, 15) is 14.7 Å². The average Bonchev–Trinajstić information content (AvgIpc) is 2.15. The molecule has 0 aliphatic heterocycles. The second kappa shape index (κ2) is 4.96. The molecule has 0 aliphatic rings. The number of nitro groups is 1. The van der Waals surface area contributed by atoms with Crippen molar-refractivity contribution in [1.82, 2.24) is 0 Å². The minimum absolute atomic E-state index is 0.00144. The van der Waals surface area contributed by atoms with E-state index < -0.39 is 12.8 Å². The summed E-state index contributed by atoms with van der Waals surface area (Å²) in [5.41, 5.74) is -0.212. The molecule has 5 nitrogen and oxygen atoms in total. The van der Waals surface area contributed by atoms with Crippen LogP contribution < -0.4 is 4.74 Å². The van der Waals surface area contributed by atoms with E-state index in [2.05, 4.69) is 20.7 Å². The van der Waals surface area contributed by atoms with Crippen molar-refractivity contribution in [1.29, 1.82) is 0 Å². The zero-order chi connectivity index (χ0) is 10.6. The molecule has 0 aromatic heterocycles. The third-order valence-electron chi connectivity index (χ3n) is 1.31. The monoisotopic (exact) mass is 275 g/mol. The van der Waals surface area contributed by atoms with Crippen LogP contribution in [0.5, 0.6) is 5.75 Å². The number of hydrogen-bond acceptors (Lipinski definition) is 4. The molecule has 0 saturated carbocycles. The zero-order valence-corrected chi connectivity index (χ0v) is 9.12. The number of nitro benzene ring substituents is 1. The summed E-state index contributed by atoms with van der Waals surface area (Å²) in [4.78, 5) is 9.94. The molecule has 7 heteroatoms. The number of rotatable bonds is 2. The van der Waals surface area contributed by atoms with Crippen LogP contribution in [0.4, 0.5) is 5.69 Å². The van der Waals surface area contributed by atoms with E-state index in [4.69, 9.17) is 0 Å². The molecule has 0 aliphatic carbocycles. The van der Waals surface area contributed by atoms with Crippen LogP contribution in [0.2, 0.25) is 0 Å². The first-order chi connectivity index (χ1) is 6.65. The van der Waals surface area contributed by atoms with Gasteiger partial charge in [-0.1, -0.05) is 0 Å². The van der Waals surface area contributed by atoms with Gasteiger partial charge in [-0.25, -0.2) is 0 Å². The summed E-state index contributed by atoms with van der Waals surface area (Å²) in [7, 11) is -0.461. The van der Waals surface area contributed by atoms with Crippen LogP contribution in [0.3, 0.4) is 0 Å². The predicted molar refractivity (Wildman–Crippen MR) is 52.9 cm³/mol. The number of hydrogen-bond donors (Lipinski definition) is 0. The van der Waals surface area contributed by atoms with Crippen LogP contribution in [-0.2, 0) is 4.57 Å². The Bertz CT molecular complexity index is 470. The summed E-state index contributed by atoms with van der Waals surface area (Å²) in [5.74, 6) is 1.98. The first kappa shape index (κ1) is 11.0. The van der Waals surface area contributed by atoms with Crippen molar-refractivity contribution >= 4 is 29.5 Å². The van der Waals surface area contributed by atoms with Gasteiger partial charge in [-0.2, -0.15) is 0 Å². The van der Waals surface area contributed by atoms with Gasteiger partial charge >= 0.3 is 88.1 Å². The Balaban J connectivity index is 3.18. The maximum absolute atomic E-state index is 10.5. The molecule has 1 aromatic rings. The molecule has 0 saturated heterocycles. The summed E-state index contributed by atoms with van der Waals surface area (Å²) < 4.78 is 15.2. The number of benzene rings is 1. The molecule has 0 N–H and O–H groups in total. The van der Waals surface area contributed by atoms with Crippen molar-refractivity contribution in [2.24, 2.45) is 0 Å². The van der Waals surface area contributed by atoms with E-state index in [1.807, 2.05) is 5.81 Å². The van der Waals surface area contributed by atoms with E-state index in [-0.39, 0.29) is 11.4 Å². The van der Waals surface area contributed by atoms with E-state index in [1.165, 1.54) is 12.1 Å². The SMILES string of the molecule is O=P#COc1ccc(Br)cc1[N+](=O)[O-]. The maximum atomic E-state index is 10.5. The molecule has 0 spiro atoms. The van der Waals surface area contributed by atoms with Gasteiger partial charge in [0.2, 0.25) is 0 Å². The predicted octanol–water partition coefficient (Wildman–Crippen LogP) is 2.94. The average molecular weight is 276 g/mol.